The van der Waals surface area contributed by atoms with E-state index < -0.39 is 0 Å². The first-order valence-corrected chi connectivity index (χ1v) is 5.30. The Kier molecular flexibility index (Phi) is 4.18. The molecule has 0 saturated heterocycles. The van der Waals surface area contributed by atoms with E-state index in [1.807, 2.05) is 0 Å². The van der Waals surface area contributed by atoms with Crippen molar-refractivity contribution in [3.8, 4) is 0 Å². The van der Waals surface area contributed by atoms with Crippen LogP contribution in [-0.2, 0) is 4.74 Å². The average Bonchev–Trinajstić information content (AvgIpc) is 2.53. The summed E-state index contributed by atoms with van der Waals surface area (Å²) >= 11 is 1.65. The molecule has 0 aliphatic rings. The number of aromatic nitrogens is 1. The lowest BCUT2D eigenvalue weighted by Crippen LogP contribution is -2.07. The second-order valence-electron chi connectivity index (χ2n) is 3.15. The van der Waals surface area contributed by atoms with Crippen molar-refractivity contribution >= 4 is 16.5 Å². The van der Waals surface area contributed by atoms with Gasteiger partial charge in [-0.1, -0.05) is 13.8 Å². The summed E-state index contributed by atoms with van der Waals surface area (Å²) in [5, 5.41) is 6.29. The third-order valence-corrected chi connectivity index (χ3v) is 2.51. The largest absolute Gasteiger partial charge is 0.383 e. The van der Waals surface area contributed by atoms with Gasteiger partial charge in [-0.15, -0.1) is 11.3 Å². The zero-order chi connectivity index (χ0) is 9.68. The van der Waals surface area contributed by atoms with E-state index in [2.05, 4.69) is 29.5 Å². The summed E-state index contributed by atoms with van der Waals surface area (Å²) in [6.07, 6.45) is 0. The van der Waals surface area contributed by atoms with Crippen molar-refractivity contribution < 1.29 is 4.74 Å². The zero-order valence-electron chi connectivity index (χ0n) is 8.33. The zero-order valence-corrected chi connectivity index (χ0v) is 9.15. The fourth-order valence-electron chi connectivity index (χ4n) is 0.893. The molecular formula is C9H16N2OS. The van der Waals surface area contributed by atoms with E-state index in [4.69, 9.17) is 4.74 Å². The second-order valence-corrected chi connectivity index (χ2v) is 4.01. The summed E-state index contributed by atoms with van der Waals surface area (Å²) in [4.78, 5) is 4.43. The molecule has 0 amide bonds. The topological polar surface area (TPSA) is 34.1 Å². The molecule has 0 fully saturated rings. The lowest BCUT2D eigenvalue weighted by atomic mass is 10.2. The van der Waals surface area contributed by atoms with Gasteiger partial charge in [-0.2, -0.15) is 0 Å². The summed E-state index contributed by atoms with van der Waals surface area (Å²) < 4.78 is 4.93. The summed E-state index contributed by atoms with van der Waals surface area (Å²) in [7, 11) is 1.70. The van der Waals surface area contributed by atoms with Gasteiger partial charge in [-0.3, -0.25) is 0 Å². The lowest BCUT2D eigenvalue weighted by molar-refractivity contribution is 0.211. The first-order chi connectivity index (χ1) is 6.24. The van der Waals surface area contributed by atoms with Gasteiger partial charge in [-0.05, 0) is 5.92 Å². The highest BCUT2D eigenvalue weighted by Crippen LogP contribution is 2.20. The van der Waals surface area contributed by atoms with Crippen LogP contribution in [0.2, 0.25) is 0 Å². The Balaban J connectivity index is 2.40. The smallest absolute Gasteiger partial charge is 0.182 e. The van der Waals surface area contributed by atoms with Crippen LogP contribution in [0.5, 0.6) is 0 Å². The van der Waals surface area contributed by atoms with Gasteiger partial charge in [0.25, 0.3) is 0 Å². The third-order valence-electron chi connectivity index (χ3n) is 1.70. The summed E-state index contributed by atoms with van der Waals surface area (Å²) in [5.74, 6) is 0.509. The number of hydrogen-bond donors (Lipinski definition) is 1. The standard InChI is InChI=1S/C9H16N2OS/c1-7(2)8-6-13-9(11-8)10-4-5-12-3/h6-7H,4-5H2,1-3H3,(H,10,11). The molecule has 0 atom stereocenters. The van der Waals surface area contributed by atoms with Gasteiger partial charge in [0.05, 0.1) is 12.3 Å². The number of nitrogens with zero attached hydrogens (tertiary/aromatic N) is 1. The van der Waals surface area contributed by atoms with Crippen LogP contribution < -0.4 is 5.32 Å². The van der Waals surface area contributed by atoms with Crippen LogP contribution in [-0.4, -0.2) is 25.2 Å². The van der Waals surface area contributed by atoms with Gasteiger partial charge >= 0.3 is 0 Å². The van der Waals surface area contributed by atoms with Crippen molar-refractivity contribution in [2.24, 2.45) is 0 Å². The summed E-state index contributed by atoms with van der Waals surface area (Å²) in [6, 6.07) is 0. The van der Waals surface area contributed by atoms with Gasteiger partial charge < -0.3 is 10.1 Å². The fourth-order valence-corrected chi connectivity index (χ4v) is 1.79. The molecule has 0 aliphatic heterocycles. The third kappa shape index (κ3) is 3.32. The van der Waals surface area contributed by atoms with Crippen LogP contribution in [0, 0.1) is 0 Å². The van der Waals surface area contributed by atoms with Gasteiger partial charge in [0.1, 0.15) is 0 Å². The number of rotatable bonds is 5. The van der Waals surface area contributed by atoms with Crippen LogP contribution >= 0.6 is 11.3 Å². The molecule has 0 unspecified atom stereocenters. The van der Waals surface area contributed by atoms with Gasteiger partial charge in [0, 0.05) is 19.0 Å². The minimum Gasteiger partial charge on any atom is -0.383 e. The molecule has 13 heavy (non-hydrogen) atoms. The second kappa shape index (κ2) is 5.19. The predicted molar refractivity (Wildman–Crippen MR) is 56.6 cm³/mol. The Morgan fingerprint density at radius 3 is 2.92 bits per heavy atom. The van der Waals surface area contributed by atoms with Crippen molar-refractivity contribution in [1.82, 2.24) is 4.98 Å². The molecule has 0 aliphatic carbocycles. The molecule has 0 aromatic carbocycles. The van der Waals surface area contributed by atoms with E-state index in [1.165, 1.54) is 0 Å². The van der Waals surface area contributed by atoms with Gasteiger partial charge in [0.2, 0.25) is 0 Å². The van der Waals surface area contributed by atoms with Crippen LogP contribution in [0.4, 0.5) is 5.13 Å². The molecule has 0 saturated carbocycles. The van der Waals surface area contributed by atoms with Crippen molar-refractivity contribution in [2.75, 3.05) is 25.6 Å². The minimum atomic E-state index is 0.509. The fraction of sp³-hybridized carbons (Fsp3) is 0.667. The maximum atomic E-state index is 4.93. The van der Waals surface area contributed by atoms with Crippen LogP contribution in [0.25, 0.3) is 0 Å². The molecule has 1 aromatic rings. The van der Waals surface area contributed by atoms with E-state index in [9.17, 15) is 0 Å². The number of thiazole rings is 1. The maximum Gasteiger partial charge on any atom is 0.182 e. The van der Waals surface area contributed by atoms with E-state index in [0.717, 1.165) is 24.0 Å². The normalized spacial score (nSPS) is 10.8. The van der Waals surface area contributed by atoms with Crippen molar-refractivity contribution in [2.45, 2.75) is 19.8 Å². The van der Waals surface area contributed by atoms with Crippen molar-refractivity contribution in [1.29, 1.82) is 0 Å². The van der Waals surface area contributed by atoms with Crippen LogP contribution in [0.1, 0.15) is 25.5 Å². The molecule has 4 heteroatoms. The first kappa shape index (κ1) is 10.5. The molecular weight excluding hydrogens is 184 g/mol. The summed E-state index contributed by atoms with van der Waals surface area (Å²) in [5.41, 5.74) is 1.16. The van der Waals surface area contributed by atoms with Gasteiger partial charge in [-0.25, -0.2) is 4.98 Å². The monoisotopic (exact) mass is 200 g/mol. The molecule has 1 heterocycles. The van der Waals surface area contributed by atoms with Crippen molar-refractivity contribution in [3.05, 3.63) is 11.1 Å². The Morgan fingerprint density at radius 1 is 1.62 bits per heavy atom. The van der Waals surface area contributed by atoms with Gasteiger partial charge in [0.15, 0.2) is 5.13 Å². The lowest BCUT2D eigenvalue weighted by Gasteiger charge is -2.00. The Bertz CT molecular complexity index is 248. The Labute approximate surface area is 83.1 Å². The Hall–Kier alpha value is -0.610. The molecule has 1 rings (SSSR count). The summed E-state index contributed by atoms with van der Waals surface area (Å²) in [6.45, 7) is 5.83. The molecule has 0 bridgehead atoms. The highest BCUT2D eigenvalue weighted by molar-refractivity contribution is 7.13. The van der Waals surface area contributed by atoms with E-state index >= 15 is 0 Å². The first-order valence-electron chi connectivity index (χ1n) is 4.42. The molecule has 1 N–H and O–H groups in total. The minimum absolute atomic E-state index is 0.509. The number of hydrogen-bond acceptors (Lipinski definition) is 4. The van der Waals surface area contributed by atoms with Crippen molar-refractivity contribution in [3.63, 3.8) is 0 Å². The molecule has 3 nitrogen and oxygen atoms in total. The number of nitrogens with one attached hydrogen (secondary N) is 1. The number of ether oxygens (including phenoxy) is 1. The highest BCUT2D eigenvalue weighted by Gasteiger charge is 2.04. The molecule has 0 spiro atoms. The number of anilines is 1. The van der Waals surface area contributed by atoms with Crippen LogP contribution in [0.3, 0.4) is 0 Å². The Morgan fingerprint density at radius 2 is 2.38 bits per heavy atom. The molecule has 0 radical (unpaired) electrons. The SMILES string of the molecule is COCCNc1nc(C(C)C)cs1. The van der Waals surface area contributed by atoms with E-state index in [0.29, 0.717) is 5.92 Å². The predicted octanol–water partition coefficient (Wildman–Crippen LogP) is 2.32. The highest BCUT2D eigenvalue weighted by atomic mass is 32.1. The number of methoxy groups -OCH3 is 1. The van der Waals surface area contributed by atoms with E-state index in [1.54, 1.807) is 18.4 Å². The van der Waals surface area contributed by atoms with Crippen LogP contribution in [0.15, 0.2) is 5.38 Å². The molecule has 1 aromatic heterocycles. The molecule has 74 valence electrons. The maximum absolute atomic E-state index is 4.93. The quantitative estimate of drug-likeness (QED) is 0.741. The average molecular weight is 200 g/mol. The van der Waals surface area contributed by atoms with E-state index in [-0.39, 0.29) is 0 Å².